The third-order valence-corrected chi connectivity index (χ3v) is 5.15. The summed E-state index contributed by atoms with van der Waals surface area (Å²) in [6.07, 6.45) is 17.9. The van der Waals surface area contributed by atoms with Gasteiger partial charge in [-0.05, 0) is 25.7 Å². The van der Waals surface area contributed by atoms with Gasteiger partial charge in [-0.25, -0.2) is 0 Å². The molecule has 134 valence electrons. The largest absolute Gasteiger partial charge is 0.469 e. The van der Waals surface area contributed by atoms with Crippen LogP contribution in [0.2, 0.25) is 0 Å². The molecular formula is C19H33BrO3. The molecule has 3 unspecified atom stereocenters. The number of allylic oxidation sites excluding steroid dienone is 1. The van der Waals surface area contributed by atoms with E-state index in [-0.39, 0.29) is 5.97 Å². The van der Waals surface area contributed by atoms with Crippen molar-refractivity contribution in [3.8, 4) is 0 Å². The summed E-state index contributed by atoms with van der Waals surface area (Å²) < 4.78 is 10.4. The van der Waals surface area contributed by atoms with Crippen molar-refractivity contribution in [1.29, 1.82) is 0 Å². The molecule has 0 aliphatic carbocycles. The minimum atomic E-state index is -0.0911. The Morgan fingerprint density at radius 3 is 2.65 bits per heavy atom. The molecule has 1 heterocycles. The summed E-state index contributed by atoms with van der Waals surface area (Å²) in [5.41, 5.74) is 0. The number of ether oxygens (including phenoxy) is 2. The van der Waals surface area contributed by atoms with Crippen molar-refractivity contribution < 1.29 is 14.3 Å². The molecule has 3 atom stereocenters. The normalized spacial score (nSPS) is 21.5. The predicted octanol–water partition coefficient (Wildman–Crippen LogP) is 5.56. The van der Waals surface area contributed by atoms with Gasteiger partial charge in [0, 0.05) is 6.42 Å². The smallest absolute Gasteiger partial charge is 0.305 e. The van der Waals surface area contributed by atoms with Crippen LogP contribution in [0, 0.1) is 0 Å². The van der Waals surface area contributed by atoms with Crippen molar-refractivity contribution in [2.24, 2.45) is 0 Å². The van der Waals surface area contributed by atoms with E-state index in [1.165, 1.54) is 52.1 Å². The van der Waals surface area contributed by atoms with Gasteiger partial charge in [0.05, 0.1) is 18.0 Å². The molecule has 0 aromatic rings. The number of carbonyl (C=O) groups is 1. The minimum Gasteiger partial charge on any atom is -0.469 e. The lowest BCUT2D eigenvalue weighted by Gasteiger charge is -2.01. The molecule has 4 heteroatoms. The van der Waals surface area contributed by atoms with Crippen molar-refractivity contribution in [3.63, 3.8) is 0 Å². The first-order chi connectivity index (χ1) is 11.2. The molecule has 0 aromatic heterocycles. The molecule has 23 heavy (non-hydrogen) atoms. The monoisotopic (exact) mass is 388 g/mol. The first-order valence-corrected chi connectivity index (χ1v) is 10.1. The Morgan fingerprint density at radius 1 is 1.17 bits per heavy atom. The summed E-state index contributed by atoms with van der Waals surface area (Å²) in [4.78, 5) is 11.3. The lowest BCUT2D eigenvalue weighted by Crippen LogP contribution is -2.06. The maximum absolute atomic E-state index is 11.0. The Bertz CT molecular complexity index is 344. The Hall–Kier alpha value is -0.350. The van der Waals surface area contributed by atoms with Crippen LogP contribution in [0.5, 0.6) is 0 Å². The van der Waals surface area contributed by atoms with Crippen molar-refractivity contribution in [2.75, 3.05) is 7.11 Å². The Kier molecular flexibility index (Phi) is 11.7. The van der Waals surface area contributed by atoms with Crippen LogP contribution in [0.1, 0.15) is 77.6 Å². The van der Waals surface area contributed by atoms with Gasteiger partial charge in [-0.3, -0.25) is 4.79 Å². The fourth-order valence-electron chi connectivity index (χ4n) is 2.76. The highest BCUT2D eigenvalue weighted by Crippen LogP contribution is 2.34. The molecule has 0 N–H and O–H groups in total. The van der Waals surface area contributed by atoms with Gasteiger partial charge in [-0.15, -0.1) is 0 Å². The lowest BCUT2D eigenvalue weighted by molar-refractivity contribution is -0.140. The number of alkyl halides is 1. The molecule has 0 saturated carbocycles. The molecule has 1 rings (SSSR count). The number of rotatable bonds is 14. The zero-order valence-corrected chi connectivity index (χ0v) is 16.4. The second kappa shape index (κ2) is 13.0. The van der Waals surface area contributed by atoms with E-state index in [4.69, 9.17) is 4.74 Å². The van der Waals surface area contributed by atoms with E-state index in [0.29, 0.717) is 23.5 Å². The van der Waals surface area contributed by atoms with Gasteiger partial charge in [0.2, 0.25) is 0 Å². The highest BCUT2D eigenvalue weighted by atomic mass is 79.9. The number of carbonyl (C=O) groups excluding carboxylic acids is 1. The van der Waals surface area contributed by atoms with Crippen molar-refractivity contribution in [1.82, 2.24) is 0 Å². The second-order valence-corrected chi connectivity index (χ2v) is 7.45. The van der Waals surface area contributed by atoms with Gasteiger partial charge in [-0.1, -0.05) is 73.5 Å². The molecule has 0 amide bonds. The minimum absolute atomic E-state index is 0.0911. The Morgan fingerprint density at radius 2 is 1.91 bits per heavy atom. The molecular weight excluding hydrogens is 356 g/mol. The Labute approximate surface area is 150 Å². The SMILES string of the molecule is CCCCCC1OC1C(Br)/C=C/CCCCCCCC(=O)OC. The van der Waals surface area contributed by atoms with E-state index in [2.05, 4.69) is 39.7 Å². The summed E-state index contributed by atoms with van der Waals surface area (Å²) in [7, 11) is 1.45. The summed E-state index contributed by atoms with van der Waals surface area (Å²) in [5, 5.41) is 0. The van der Waals surface area contributed by atoms with Crippen molar-refractivity contribution in [2.45, 2.75) is 94.6 Å². The van der Waals surface area contributed by atoms with Gasteiger partial charge < -0.3 is 9.47 Å². The van der Waals surface area contributed by atoms with Crippen molar-refractivity contribution in [3.05, 3.63) is 12.2 Å². The average molecular weight is 389 g/mol. The first kappa shape index (κ1) is 20.7. The molecule has 0 aromatic carbocycles. The van der Waals surface area contributed by atoms with Crippen LogP contribution in [-0.4, -0.2) is 30.1 Å². The number of epoxide rings is 1. The van der Waals surface area contributed by atoms with Crippen molar-refractivity contribution >= 4 is 21.9 Å². The quantitative estimate of drug-likeness (QED) is 0.128. The standard InChI is InChI=1S/C19H33BrO3/c1-3-4-10-14-17-19(23-17)16(20)13-11-8-6-5-7-9-12-15-18(21)22-2/h11,13,16-17,19H,3-10,12,14-15H2,1-2H3/b13-11+. The third-order valence-electron chi connectivity index (χ3n) is 4.33. The number of hydrogen-bond donors (Lipinski definition) is 0. The van der Waals surface area contributed by atoms with Gasteiger partial charge >= 0.3 is 5.97 Å². The molecule has 3 nitrogen and oxygen atoms in total. The predicted molar refractivity (Wildman–Crippen MR) is 99.0 cm³/mol. The van der Waals surface area contributed by atoms with E-state index in [1.54, 1.807) is 0 Å². The highest BCUT2D eigenvalue weighted by molar-refractivity contribution is 9.09. The topological polar surface area (TPSA) is 38.8 Å². The Balaban J connectivity index is 1.91. The maximum atomic E-state index is 11.0. The molecule has 1 aliphatic rings. The van der Waals surface area contributed by atoms with Crippen LogP contribution in [0.15, 0.2) is 12.2 Å². The van der Waals surface area contributed by atoms with Crippen LogP contribution < -0.4 is 0 Å². The summed E-state index contributed by atoms with van der Waals surface area (Å²) >= 11 is 3.72. The van der Waals surface area contributed by atoms with E-state index in [1.807, 2.05) is 0 Å². The fraction of sp³-hybridized carbons (Fsp3) is 0.842. The number of unbranched alkanes of at least 4 members (excludes halogenated alkanes) is 7. The van der Waals surface area contributed by atoms with Gasteiger partial charge in [0.25, 0.3) is 0 Å². The number of esters is 1. The molecule has 1 aliphatic heterocycles. The van der Waals surface area contributed by atoms with Gasteiger partial charge in [0.1, 0.15) is 6.10 Å². The second-order valence-electron chi connectivity index (χ2n) is 6.39. The molecule has 1 saturated heterocycles. The third kappa shape index (κ3) is 10.2. The number of halogens is 1. The van der Waals surface area contributed by atoms with E-state index >= 15 is 0 Å². The fourth-order valence-corrected chi connectivity index (χ4v) is 3.44. The van der Waals surface area contributed by atoms with Crippen LogP contribution in [0.25, 0.3) is 0 Å². The van der Waals surface area contributed by atoms with Crippen LogP contribution in [0.3, 0.4) is 0 Å². The first-order valence-electron chi connectivity index (χ1n) is 9.22. The molecule has 0 bridgehead atoms. The summed E-state index contributed by atoms with van der Waals surface area (Å²) in [5.74, 6) is -0.0911. The highest BCUT2D eigenvalue weighted by Gasteiger charge is 2.41. The van der Waals surface area contributed by atoms with E-state index in [9.17, 15) is 4.79 Å². The molecule has 1 fully saturated rings. The van der Waals surface area contributed by atoms with Gasteiger partial charge in [-0.2, -0.15) is 0 Å². The molecule has 0 spiro atoms. The van der Waals surface area contributed by atoms with Crippen LogP contribution >= 0.6 is 15.9 Å². The zero-order valence-electron chi connectivity index (χ0n) is 14.8. The van der Waals surface area contributed by atoms with Crippen LogP contribution in [0.4, 0.5) is 0 Å². The summed E-state index contributed by atoms with van der Waals surface area (Å²) in [6.45, 7) is 2.24. The molecule has 0 radical (unpaired) electrons. The van der Waals surface area contributed by atoms with Crippen LogP contribution in [-0.2, 0) is 14.3 Å². The maximum Gasteiger partial charge on any atom is 0.305 e. The summed E-state index contributed by atoms with van der Waals surface area (Å²) in [6, 6.07) is 0. The average Bonchev–Trinajstić information content (AvgIpc) is 3.32. The van der Waals surface area contributed by atoms with Gasteiger partial charge in [0.15, 0.2) is 0 Å². The van der Waals surface area contributed by atoms with E-state index < -0.39 is 0 Å². The van der Waals surface area contributed by atoms with E-state index in [0.717, 1.165) is 19.3 Å². The number of methoxy groups -OCH3 is 1. The lowest BCUT2D eigenvalue weighted by atomic mass is 10.1. The number of hydrogen-bond acceptors (Lipinski definition) is 3. The zero-order chi connectivity index (χ0) is 16.9.